The van der Waals surface area contributed by atoms with E-state index in [2.05, 4.69) is 4.74 Å². The molecule has 2 N–H and O–H groups in total. The first-order valence-electron chi connectivity index (χ1n) is 3.85. The molecule has 0 aromatic heterocycles. The van der Waals surface area contributed by atoms with Crippen LogP contribution >= 0.6 is 0 Å². The topological polar surface area (TPSA) is 52.3 Å². The first-order valence-corrected chi connectivity index (χ1v) is 3.85. The minimum Gasteiger partial charge on any atom is -0.465 e. The van der Waals surface area contributed by atoms with Gasteiger partial charge in [0, 0.05) is 5.70 Å². The molecule has 3 heteroatoms. The van der Waals surface area contributed by atoms with Crippen molar-refractivity contribution in [3.63, 3.8) is 0 Å². The Labute approximate surface area is 76.9 Å². The molecule has 0 aliphatic heterocycles. The van der Waals surface area contributed by atoms with E-state index < -0.39 is 5.97 Å². The van der Waals surface area contributed by atoms with Crippen LogP contribution in [-0.2, 0) is 9.53 Å². The summed E-state index contributed by atoms with van der Waals surface area (Å²) in [5, 5.41) is 0. The Kier molecular flexibility index (Phi) is 3.09. The normalized spacial score (nSPS) is 15.5. The molecule has 0 amide bonds. The highest BCUT2D eigenvalue weighted by atomic mass is 16.5. The van der Waals surface area contributed by atoms with Gasteiger partial charge in [0.15, 0.2) is 0 Å². The van der Waals surface area contributed by atoms with Crippen LogP contribution in [0.25, 0.3) is 0 Å². The molecule has 0 saturated heterocycles. The highest BCUT2D eigenvalue weighted by Crippen LogP contribution is 2.08. The van der Waals surface area contributed by atoms with E-state index in [1.54, 1.807) is 24.3 Å². The third kappa shape index (κ3) is 2.33. The monoisotopic (exact) mass is 177 g/mol. The molecule has 68 valence electrons. The SMILES string of the molecule is COC(=O)C1=CC=CC=CC=C1N. The van der Waals surface area contributed by atoms with Gasteiger partial charge in [-0.15, -0.1) is 0 Å². The summed E-state index contributed by atoms with van der Waals surface area (Å²) in [5.74, 6) is -0.423. The Bertz CT molecular complexity index is 322. The van der Waals surface area contributed by atoms with E-state index in [1.165, 1.54) is 7.11 Å². The number of carbonyl (C=O) groups is 1. The first-order chi connectivity index (χ1) is 6.25. The van der Waals surface area contributed by atoms with Gasteiger partial charge in [0.25, 0.3) is 0 Å². The Morgan fingerprint density at radius 2 is 1.85 bits per heavy atom. The summed E-state index contributed by atoms with van der Waals surface area (Å²) in [4.78, 5) is 11.2. The largest absolute Gasteiger partial charge is 0.465 e. The maximum absolute atomic E-state index is 11.2. The van der Waals surface area contributed by atoms with Crippen molar-refractivity contribution >= 4 is 5.97 Å². The van der Waals surface area contributed by atoms with Crippen molar-refractivity contribution in [2.75, 3.05) is 7.11 Å². The van der Waals surface area contributed by atoms with Crippen LogP contribution in [0.15, 0.2) is 47.7 Å². The zero-order valence-corrected chi connectivity index (χ0v) is 7.36. The summed E-state index contributed by atoms with van der Waals surface area (Å²) in [6, 6.07) is 0. The van der Waals surface area contributed by atoms with Crippen molar-refractivity contribution in [2.45, 2.75) is 0 Å². The highest BCUT2D eigenvalue weighted by molar-refractivity contribution is 5.93. The van der Waals surface area contributed by atoms with Gasteiger partial charge in [0.05, 0.1) is 12.7 Å². The highest BCUT2D eigenvalue weighted by Gasteiger charge is 2.10. The molecule has 0 saturated carbocycles. The number of rotatable bonds is 1. The Hall–Kier alpha value is -1.77. The van der Waals surface area contributed by atoms with Gasteiger partial charge < -0.3 is 10.5 Å². The fourth-order valence-corrected chi connectivity index (χ4v) is 0.921. The number of carbonyl (C=O) groups excluding carboxylic acids is 1. The fourth-order valence-electron chi connectivity index (χ4n) is 0.921. The molecule has 0 aromatic carbocycles. The summed E-state index contributed by atoms with van der Waals surface area (Å²) in [6.45, 7) is 0. The lowest BCUT2D eigenvalue weighted by atomic mass is 10.1. The van der Waals surface area contributed by atoms with Crippen LogP contribution < -0.4 is 5.73 Å². The molecule has 0 spiro atoms. The molecule has 0 radical (unpaired) electrons. The fraction of sp³-hybridized carbons (Fsp3) is 0.100. The average molecular weight is 177 g/mol. The van der Waals surface area contributed by atoms with Crippen LogP contribution in [0.4, 0.5) is 0 Å². The van der Waals surface area contributed by atoms with E-state index in [-0.39, 0.29) is 0 Å². The van der Waals surface area contributed by atoms with E-state index in [9.17, 15) is 4.79 Å². The van der Waals surface area contributed by atoms with Crippen LogP contribution in [-0.4, -0.2) is 13.1 Å². The molecule has 0 bridgehead atoms. The number of hydrogen-bond acceptors (Lipinski definition) is 3. The van der Waals surface area contributed by atoms with Crippen molar-refractivity contribution in [3.8, 4) is 0 Å². The molecule has 0 aromatic rings. The van der Waals surface area contributed by atoms with Gasteiger partial charge in [-0.2, -0.15) is 0 Å². The predicted octanol–water partition coefficient (Wildman–Crippen LogP) is 1.05. The van der Waals surface area contributed by atoms with E-state index in [1.807, 2.05) is 12.2 Å². The molecule has 0 heterocycles. The minimum atomic E-state index is -0.423. The first kappa shape index (κ1) is 9.32. The number of methoxy groups -OCH3 is 1. The van der Waals surface area contributed by atoms with Gasteiger partial charge in [0.2, 0.25) is 0 Å². The molecular formula is C10H11NO2. The Morgan fingerprint density at radius 1 is 1.23 bits per heavy atom. The second kappa shape index (κ2) is 4.30. The minimum absolute atomic E-state index is 0.378. The van der Waals surface area contributed by atoms with E-state index >= 15 is 0 Å². The number of allylic oxidation sites excluding steroid dienone is 6. The third-order valence-corrected chi connectivity index (χ3v) is 1.59. The molecule has 1 aliphatic carbocycles. The number of nitrogens with two attached hydrogens (primary N) is 1. The molecule has 1 aliphatic rings. The molecule has 0 unspecified atom stereocenters. The van der Waals surface area contributed by atoms with Crippen LogP contribution in [0.3, 0.4) is 0 Å². The second-order valence-electron chi connectivity index (χ2n) is 2.46. The molecule has 0 atom stereocenters. The number of hydrogen-bond donors (Lipinski definition) is 1. The lowest BCUT2D eigenvalue weighted by Crippen LogP contribution is -2.12. The summed E-state index contributed by atoms with van der Waals surface area (Å²) in [7, 11) is 1.33. The van der Waals surface area contributed by atoms with Crippen LogP contribution in [0, 0.1) is 0 Å². The number of esters is 1. The van der Waals surface area contributed by atoms with E-state index in [4.69, 9.17) is 5.73 Å². The smallest absolute Gasteiger partial charge is 0.339 e. The summed E-state index contributed by atoms with van der Waals surface area (Å²) in [5.41, 5.74) is 6.42. The summed E-state index contributed by atoms with van der Waals surface area (Å²) < 4.78 is 4.57. The van der Waals surface area contributed by atoms with Crippen molar-refractivity contribution in [2.24, 2.45) is 5.73 Å². The standard InChI is InChI=1S/C10H11NO2/c1-13-10(12)8-6-4-2-3-5-7-9(8)11/h2-7H,11H2,1H3. The Balaban J connectivity index is 2.99. The van der Waals surface area contributed by atoms with Crippen molar-refractivity contribution < 1.29 is 9.53 Å². The molecule has 13 heavy (non-hydrogen) atoms. The molecule has 1 rings (SSSR count). The van der Waals surface area contributed by atoms with Crippen LogP contribution in [0.5, 0.6) is 0 Å². The lowest BCUT2D eigenvalue weighted by Gasteiger charge is -2.04. The molecular weight excluding hydrogens is 166 g/mol. The van der Waals surface area contributed by atoms with Gasteiger partial charge >= 0.3 is 5.97 Å². The maximum atomic E-state index is 11.2. The van der Waals surface area contributed by atoms with Gasteiger partial charge in [-0.05, 0) is 12.2 Å². The third-order valence-electron chi connectivity index (χ3n) is 1.59. The van der Waals surface area contributed by atoms with Gasteiger partial charge in [0.1, 0.15) is 0 Å². The molecule has 3 nitrogen and oxygen atoms in total. The van der Waals surface area contributed by atoms with E-state index in [0.29, 0.717) is 11.3 Å². The quantitative estimate of drug-likeness (QED) is 0.609. The van der Waals surface area contributed by atoms with Crippen molar-refractivity contribution in [1.29, 1.82) is 0 Å². The van der Waals surface area contributed by atoms with Gasteiger partial charge in [-0.3, -0.25) is 0 Å². The maximum Gasteiger partial charge on any atom is 0.339 e. The second-order valence-corrected chi connectivity index (χ2v) is 2.46. The summed E-state index contributed by atoms with van der Waals surface area (Å²) >= 11 is 0. The van der Waals surface area contributed by atoms with Crippen LogP contribution in [0.2, 0.25) is 0 Å². The lowest BCUT2D eigenvalue weighted by molar-refractivity contribution is -0.135. The average Bonchev–Trinajstić information content (AvgIpc) is 2.11. The summed E-state index contributed by atoms with van der Waals surface area (Å²) in [6.07, 6.45) is 10.4. The Morgan fingerprint density at radius 3 is 2.46 bits per heavy atom. The van der Waals surface area contributed by atoms with Crippen molar-refractivity contribution in [1.82, 2.24) is 0 Å². The zero-order valence-electron chi connectivity index (χ0n) is 7.36. The van der Waals surface area contributed by atoms with Gasteiger partial charge in [-0.1, -0.05) is 24.3 Å². The molecule has 0 fully saturated rings. The predicted molar refractivity (Wildman–Crippen MR) is 50.6 cm³/mol. The van der Waals surface area contributed by atoms with Crippen molar-refractivity contribution in [3.05, 3.63) is 47.7 Å². The zero-order chi connectivity index (χ0) is 9.68. The van der Waals surface area contributed by atoms with Gasteiger partial charge in [-0.25, -0.2) is 4.79 Å². The van der Waals surface area contributed by atoms with Crippen LogP contribution in [0.1, 0.15) is 0 Å². The van der Waals surface area contributed by atoms with E-state index in [0.717, 1.165) is 0 Å². The number of ether oxygens (including phenoxy) is 1.